The maximum atomic E-state index is 13.4. The Kier molecular flexibility index (Phi) is 8.02. The largest absolute Gasteiger partial charge is 2.00 e. The molecule has 0 heterocycles. The fourth-order valence-electron chi connectivity index (χ4n) is 7.50. The van der Waals surface area contributed by atoms with Gasteiger partial charge in [-0.3, -0.25) is 9.59 Å². The summed E-state index contributed by atoms with van der Waals surface area (Å²) in [5, 5.41) is 11.3. The van der Waals surface area contributed by atoms with Gasteiger partial charge in [0.2, 0.25) is 0 Å². The van der Waals surface area contributed by atoms with Gasteiger partial charge in [-0.05, 0) is 125 Å². The third kappa shape index (κ3) is 4.57. The molecule has 6 aliphatic carbocycles. The molecule has 0 aliphatic heterocycles. The molecule has 6 atom stereocenters. The topological polar surface area (TPSA) is 54.4 Å². The summed E-state index contributed by atoms with van der Waals surface area (Å²) in [4.78, 5) is 25.4. The predicted molar refractivity (Wildman–Crippen MR) is 129 cm³/mol. The molecular formula is C30H34FeO3+2. The van der Waals surface area contributed by atoms with Crippen molar-refractivity contribution in [3.8, 4) is 0 Å². The van der Waals surface area contributed by atoms with E-state index >= 15 is 0 Å². The Hall–Kier alpha value is -0.701. The number of ketones is 2. The number of carbonyl (C=O) groups excluding carboxylic acids is 2. The van der Waals surface area contributed by atoms with Crippen LogP contribution in [0, 0.1) is 92.3 Å². The van der Waals surface area contributed by atoms with Gasteiger partial charge in [-0.1, -0.05) is 25.5 Å². The first-order chi connectivity index (χ1) is 15.8. The summed E-state index contributed by atoms with van der Waals surface area (Å²) in [7, 11) is 0. The maximum absolute atomic E-state index is 13.4. The molecule has 4 heteroatoms. The molecule has 6 rings (SSSR count). The number of Topliss-reactive ketones (excluding diaryl/α,β-unsaturated/α-hetero) is 1. The number of carbonyl (C=O) groups is 2. The summed E-state index contributed by atoms with van der Waals surface area (Å²) in [6.45, 7) is 4.34. The van der Waals surface area contributed by atoms with E-state index in [1.807, 2.05) is 63.9 Å². The summed E-state index contributed by atoms with van der Waals surface area (Å²) < 4.78 is 0. The van der Waals surface area contributed by atoms with Crippen molar-refractivity contribution in [2.75, 3.05) is 0 Å². The maximum Gasteiger partial charge on any atom is 2.00 e. The average Bonchev–Trinajstić information content (AvgIpc) is 3.55. The van der Waals surface area contributed by atoms with E-state index < -0.39 is 11.5 Å². The minimum Gasteiger partial charge on any atom is -0.393 e. The molecule has 5 fully saturated rings. The zero-order chi connectivity index (χ0) is 23.2. The molecule has 0 amide bonds. The van der Waals surface area contributed by atoms with Crippen molar-refractivity contribution < 1.29 is 31.8 Å². The van der Waals surface area contributed by atoms with Crippen molar-refractivity contribution in [3.63, 3.8) is 0 Å². The number of rotatable bonds is 1. The fourth-order valence-corrected chi connectivity index (χ4v) is 7.50. The van der Waals surface area contributed by atoms with Crippen LogP contribution in [0.4, 0.5) is 0 Å². The van der Waals surface area contributed by atoms with Gasteiger partial charge in [0.25, 0.3) is 0 Å². The van der Waals surface area contributed by atoms with Gasteiger partial charge in [-0.15, -0.1) is 0 Å². The van der Waals surface area contributed by atoms with E-state index in [2.05, 4.69) is 19.9 Å². The first-order valence-corrected chi connectivity index (χ1v) is 12.4. The van der Waals surface area contributed by atoms with Crippen LogP contribution in [-0.4, -0.2) is 22.8 Å². The summed E-state index contributed by atoms with van der Waals surface area (Å²) in [6, 6.07) is 0. The second-order valence-electron chi connectivity index (χ2n) is 11.0. The zero-order valence-electron chi connectivity index (χ0n) is 20.0. The van der Waals surface area contributed by atoms with Crippen molar-refractivity contribution in [1.29, 1.82) is 0 Å². The van der Waals surface area contributed by atoms with E-state index in [4.69, 9.17) is 0 Å². The third-order valence-corrected chi connectivity index (χ3v) is 9.12. The minimum absolute atomic E-state index is 0. The van der Waals surface area contributed by atoms with E-state index in [1.54, 1.807) is 0 Å². The van der Waals surface area contributed by atoms with E-state index in [0.29, 0.717) is 24.7 Å². The van der Waals surface area contributed by atoms with E-state index in [9.17, 15) is 14.7 Å². The standard InChI is InChI=1S/C25H29O3.C5H5.Fe/c1-24-10-9-18(26)13-17(24)7-8-19-20-12-16(11-15-5-3-4-6-15)23(28)25(20,2)14-21(27)22(19)24;1-2-4-5-3-1;/h3-6,11,13,19-22,27H,7-10,12,14H2,1-2H3;1-5H;/q;;+2/b16-11+;;/t19-,20-,21-,22+,24-,25-;;/m0../s1. The first kappa shape index (κ1) is 26.4. The van der Waals surface area contributed by atoms with Crippen LogP contribution in [0.5, 0.6) is 0 Å². The van der Waals surface area contributed by atoms with Gasteiger partial charge in [-0.25, -0.2) is 0 Å². The molecule has 0 aromatic carbocycles. The van der Waals surface area contributed by atoms with Gasteiger partial charge < -0.3 is 5.11 Å². The summed E-state index contributed by atoms with van der Waals surface area (Å²) in [5.41, 5.74) is 1.61. The van der Waals surface area contributed by atoms with Crippen LogP contribution < -0.4 is 0 Å². The molecule has 34 heavy (non-hydrogen) atoms. The first-order valence-electron chi connectivity index (χ1n) is 12.4. The Balaban J connectivity index is 0.000000407. The quantitative estimate of drug-likeness (QED) is 0.408. The molecule has 3 nitrogen and oxygen atoms in total. The van der Waals surface area contributed by atoms with Crippen LogP contribution in [0.1, 0.15) is 52.4 Å². The van der Waals surface area contributed by atoms with Gasteiger partial charge >= 0.3 is 17.1 Å². The summed E-state index contributed by atoms with van der Waals surface area (Å²) >= 11 is 0. The number of aliphatic hydroxyl groups is 1. The number of aliphatic hydroxyl groups excluding tert-OH is 1. The van der Waals surface area contributed by atoms with Crippen LogP contribution in [0.25, 0.3) is 0 Å². The Morgan fingerprint density at radius 1 is 0.941 bits per heavy atom. The molecule has 0 aromatic heterocycles. The number of allylic oxidation sites excluding steroid dienone is 3. The Labute approximate surface area is 217 Å². The SMILES string of the molecule is C[C@]12CCC(=O)C=C1CC[C@@H]1[C@@H]2[C@@H](O)C[C@]2(C)C(=O)/C(=C/[C]3[CH][CH][CH][CH]3)C[C@@H]12.[CH]1[CH][CH][CH][CH]1.[Fe+2]. The summed E-state index contributed by atoms with van der Waals surface area (Å²) in [6.07, 6.45) is 26.2. The fraction of sp³-hybridized carbons (Fsp3) is 0.467. The van der Waals surface area contributed by atoms with Crippen molar-refractivity contribution in [3.05, 3.63) is 87.0 Å². The third-order valence-electron chi connectivity index (χ3n) is 9.12. The van der Waals surface area contributed by atoms with E-state index in [-0.39, 0.29) is 40.0 Å². The van der Waals surface area contributed by atoms with Crippen molar-refractivity contribution >= 4 is 11.6 Å². The van der Waals surface area contributed by atoms with E-state index in [0.717, 1.165) is 37.2 Å². The number of hydrogen-bond donors (Lipinski definition) is 1. The zero-order valence-corrected chi connectivity index (χ0v) is 21.1. The number of hydrogen-bond acceptors (Lipinski definition) is 3. The molecule has 6 aliphatic rings. The van der Waals surface area contributed by atoms with Gasteiger partial charge in [-0.2, -0.15) is 0 Å². The molecule has 0 spiro atoms. The molecule has 0 saturated heterocycles. The molecule has 0 bridgehead atoms. The van der Waals surface area contributed by atoms with Gasteiger partial charge in [0, 0.05) is 17.8 Å². The molecule has 5 saturated carbocycles. The Morgan fingerprint density at radius 2 is 1.59 bits per heavy atom. The Bertz CT molecular complexity index is 842. The van der Waals surface area contributed by atoms with Crippen LogP contribution in [0.3, 0.4) is 0 Å². The van der Waals surface area contributed by atoms with Crippen LogP contribution >= 0.6 is 0 Å². The van der Waals surface area contributed by atoms with Crippen LogP contribution in [0.2, 0.25) is 0 Å². The van der Waals surface area contributed by atoms with Crippen molar-refractivity contribution in [1.82, 2.24) is 0 Å². The molecule has 0 aromatic rings. The van der Waals surface area contributed by atoms with Crippen LogP contribution in [0.15, 0.2) is 23.3 Å². The molecule has 0 unspecified atom stereocenters. The monoisotopic (exact) mass is 498 g/mol. The predicted octanol–water partition coefficient (Wildman–Crippen LogP) is 5.02. The molecule has 178 valence electrons. The molecule has 10 radical (unpaired) electrons. The smallest absolute Gasteiger partial charge is 0.393 e. The second-order valence-corrected chi connectivity index (χ2v) is 11.0. The second kappa shape index (κ2) is 10.3. The number of fused-ring (bicyclic) bond motifs is 5. The van der Waals surface area contributed by atoms with Gasteiger partial charge in [0.05, 0.1) is 6.10 Å². The summed E-state index contributed by atoms with van der Waals surface area (Å²) in [5.74, 6) is 2.36. The molecular weight excluding hydrogens is 464 g/mol. The van der Waals surface area contributed by atoms with Crippen molar-refractivity contribution in [2.45, 2.75) is 58.5 Å². The van der Waals surface area contributed by atoms with Crippen molar-refractivity contribution in [2.24, 2.45) is 28.6 Å². The van der Waals surface area contributed by atoms with Gasteiger partial charge in [0.1, 0.15) is 0 Å². The Morgan fingerprint density at radius 3 is 2.24 bits per heavy atom. The van der Waals surface area contributed by atoms with E-state index in [1.165, 1.54) is 5.57 Å². The van der Waals surface area contributed by atoms with Gasteiger partial charge in [0.15, 0.2) is 11.6 Å². The average molecular weight is 498 g/mol. The molecule has 1 N–H and O–H groups in total. The normalized spacial score (nSPS) is 42.8. The van der Waals surface area contributed by atoms with Crippen LogP contribution in [-0.2, 0) is 26.7 Å². The minimum atomic E-state index is -0.477.